The van der Waals surface area contributed by atoms with E-state index >= 15 is 0 Å². The Morgan fingerprint density at radius 2 is 1.95 bits per heavy atom. The van der Waals surface area contributed by atoms with Crippen LogP contribution < -0.4 is 10.2 Å². The van der Waals surface area contributed by atoms with E-state index in [-0.39, 0.29) is 43.4 Å². The van der Waals surface area contributed by atoms with Crippen LogP contribution in [0.3, 0.4) is 0 Å². The first-order chi connectivity index (χ1) is 19.4. The molecule has 1 saturated carbocycles. The molecule has 3 aromatic rings. The maximum atomic E-state index is 14.7. The second kappa shape index (κ2) is 9.98. The molecule has 6 rings (SSSR count). The molecule has 1 saturated heterocycles. The number of hydrogen-bond acceptors (Lipinski definition) is 7. The largest absolute Gasteiger partial charge is 0.387 e. The second-order valence-electron chi connectivity index (χ2n) is 11.7. The predicted molar refractivity (Wildman–Crippen MR) is 145 cm³/mol. The number of aromatic nitrogens is 3. The molecule has 3 aliphatic rings. The summed E-state index contributed by atoms with van der Waals surface area (Å²) in [6, 6.07) is 5.00. The van der Waals surface area contributed by atoms with Gasteiger partial charge in [0.05, 0.1) is 29.7 Å². The van der Waals surface area contributed by atoms with Crippen molar-refractivity contribution in [2.24, 2.45) is 0 Å². The number of benzene rings is 1. The average molecular weight is 572 g/mol. The molecule has 1 unspecified atom stereocenters. The summed E-state index contributed by atoms with van der Waals surface area (Å²) in [4.78, 5) is 36.4. The first-order valence-corrected chi connectivity index (χ1v) is 13.7. The highest BCUT2D eigenvalue weighted by Gasteiger charge is 2.48. The fourth-order valence-corrected chi connectivity index (χ4v) is 5.73. The van der Waals surface area contributed by atoms with Gasteiger partial charge in [0, 0.05) is 69.6 Å². The summed E-state index contributed by atoms with van der Waals surface area (Å²) in [6.45, 7) is 4.75. The second-order valence-corrected chi connectivity index (χ2v) is 11.7. The zero-order chi connectivity index (χ0) is 29.1. The molecule has 2 aromatic heterocycles. The van der Waals surface area contributed by atoms with Crippen molar-refractivity contribution in [1.29, 1.82) is 0 Å². The number of nitrogens with one attached hydrogen (secondary N) is 1. The number of hydrogen-bond donors (Lipinski definition) is 2. The molecule has 1 aliphatic carbocycles. The average Bonchev–Trinajstić information content (AvgIpc) is 3.47. The van der Waals surface area contributed by atoms with E-state index in [1.165, 1.54) is 29.5 Å². The minimum Gasteiger partial charge on any atom is -0.387 e. The predicted octanol–water partition coefficient (Wildman–Crippen LogP) is 2.97. The van der Waals surface area contributed by atoms with Crippen LogP contribution in [0.1, 0.15) is 53.0 Å². The minimum absolute atomic E-state index is 0.134. The Morgan fingerprint density at radius 3 is 2.63 bits per heavy atom. The number of rotatable bonds is 7. The van der Waals surface area contributed by atoms with Crippen LogP contribution in [-0.2, 0) is 6.54 Å². The van der Waals surface area contributed by atoms with Gasteiger partial charge in [0.25, 0.3) is 17.7 Å². The van der Waals surface area contributed by atoms with E-state index in [0.717, 1.165) is 0 Å². The van der Waals surface area contributed by atoms with Crippen LogP contribution in [-0.4, -0.2) is 97.8 Å². The number of amides is 2. The van der Waals surface area contributed by atoms with E-state index in [4.69, 9.17) is 0 Å². The van der Waals surface area contributed by atoms with E-state index in [1.54, 1.807) is 30.6 Å². The van der Waals surface area contributed by atoms with Gasteiger partial charge < -0.3 is 20.2 Å². The van der Waals surface area contributed by atoms with Crippen molar-refractivity contribution in [1.82, 2.24) is 24.4 Å². The number of alkyl halides is 3. The fraction of sp³-hybridized carbons (Fsp3) is 0.500. The van der Waals surface area contributed by atoms with Crippen LogP contribution >= 0.6 is 0 Å². The van der Waals surface area contributed by atoms with Crippen LogP contribution in [0.25, 0.3) is 5.65 Å². The molecule has 13 heteroatoms. The third-order valence-electron chi connectivity index (χ3n) is 8.26. The lowest BCUT2D eigenvalue weighted by Crippen LogP contribution is -2.57. The molecule has 1 atom stereocenters. The summed E-state index contributed by atoms with van der Waals surface area (Å²) in [5, 5.41) is 17.2. The van der Waals surface area contributed by atoms with Gasteiger partial charge in [-0.25, -0.2) is 22.7 Å². The van der Waals surface area contributed by atoms with Gasteiger partial charge in [0.15, 0.2) is 5.65 Å². The van der Waals surface area contributed by atoms with Crippen LogP contribution in [0.2, 0.25) is 0 Å². The Labute approximate surface area is 234 Å². The number of nitrogens with zero attached hydrogens (tertiary/aromatic N) is 6. The highest BCUT2D eigenvalue weighted by molar-refractivity contribution is 6.10. The smallest absolute Gasteiger partial charge is 0.261 e. The van der Waals surface area contributed by atoms with Crippen LogP contribution in [0.15, 0.2) is 36.8 Å². The summed E-state index contributed by atoms with van der Waals surface area (Å²) in [6.07, 6.45) is 2.77. The normalized spacial score (nSPS) is 20.3. The molecule has 2 amide bonds. The van der Waals surface area contributed by atoms with E-state index in [9.17, 15) is 27.9 Å². The van der Waals surface area contributed by atoms with Crippen LogP contribution in [0.4, 0.5) is 24.5 Å². The molecular formula is C28H32F3N7O3. The van der Waals surface area contributed by atoms with Crippen molar-refractivity contribution in [2.75, 3.05) is 42.9 Å². The van der Waals surface area contributed by atoms with Gasteiger partial charge in [-0.1, -0.05) is 0 Å². The van der Waals surface area contributed by atoms with Gasteiger partial charge in [0.2, 0.25) is 0 Å². The van der Waals surface area contributed by atoms with Gasteiger partial charge in [0.1, 0.15) is 11.7 Å². The molecule has 2 fully saturated rings. The number of piperazine rings is 1. The lowest BCUT2D eigenvalue weighted by molar-refractivity contribution is -0.124. The molecule has 2 N–H and O–H groups in total. The molecule has 41 heavy (non-hydrogen) atoms. The van der Waals surface area contributed by atoms with E-state index in [0.29, 0.717) is 54.3 Å². The van der Waals surface area contributed by atoms with Gasteiger partial charge in [-0.05, 0) is 37.6 Å². The van der Waals surface area contributed by atoms with Crippen molar-refractivity contribution < 1.29 is 27.9 Å². The summed E-state index contributed by atoms with van der Waals surface area (Å²) >= 11 is 0. The third-order valence-corrected chi connectivity index (χ3v) is 8.26. The van der Waals surface area contributed by atoms with Crippen molar-refractivity contribution in [3.05, 3.63) is 53.5 Å². The fourth-order valence-electron chi connectivity index (χ4n) is 5.73. The lowest BCUT2D eigenvalue weighted by Gasteiger charge is -2.46. The van der Waals surface area contributed by atoms with Crippen LogP contribution in [0, 0.1) is 0 Å². The zero-order valence-electron chi connectivity index (χ0n) is 22.9. The number of aliphatic hydroxyl groups is 1. The van der Waals surface area contributed by atoms with Gasteiger partial charge >= 0.3 is 0 Å². The number of carbonyl (C=O) groups is 2. The summed E-state index contributed by atoms with van der Waals surface area (Å²) in [5.41, 5.74) is 1.18. The summed E-state index contributed by atoms with van der Waals surface area (Å²) in [5.74, 6) is -3.38. The number of fused-ring (bicyclic) bond motifs is 2. The summed E-state index contributed by atoms with van der Waals surface area (Å²) < 4.78 is 43.1. The highest BCUT2D eigenvalue weighted by Crippen LogP contribution is 2.41. The maximum absolute atomic E-state index is 14.7. The molecule has 2 aliphatic heterocycles. The Kier molecular flexibility index (Phi) is 6.68. The Balaban J connectivity index is 1.27. The number of carbonyl (C=O) groups excluding carboxylic acids is 2. The Hall–Kier alpha value is -3.71. The number of anilines is 2. The third kappa shape index (κ3) is 5.23. The zero-order valence-corrected chi connectivity index (χ0v) is 22.9. The van der Waals surface area contributed by atoms with Crippen molar-refractivity contribution in [3.63, 3.8) is 0 Å². The molecule has 1 aromatic carbocycles. The van der Waals surface area contributed by atoms with Gasteiger partial charge in [-0.2, -0.15) is 5.10 Å². The topological polar surface area (TPSA) is 106 Å². The van der Waals surface area contributed by atoms with Crippen molar-refractivity contribution in [2.45, 2.75) is 57.0 Å². The van der Waals surface area contributed by atoms with Crippen LogP contribution in [0.5, 0.6) is 0 Å². The molecular weight excluding hydrogens is 539 g/mol. The molecule has 218 valence electrons. The first kappa shape index (κ1) is 27.5. The van der Waals surface area contributed by atoms with Crippen molar-refractivity contribution in [3.8, 4) is 0 Å². The van der Waals surface area contributed by atoms with Crippen molar-refractivity contribution >= 4 is 28.8 Å². The molecule has 0 radical (unpaired) electrons. The number of halogens is 3. The van der Waals surface area contributed by atoms with Gasteiger partial charge in [-0.3, -0.25) is 14.5 Å². The summed E-state index contributed by atoms with van der Waals surface area (Å²) in [7, 11) is 0. The van der Waals surface area contributed by atoms with E-state index in [1.807, 2.05) is 4.90 Å². The van der Waals surface area contributed by atoms with E-state index in [2.05, 4.69) is 20.3 Å². The molecule has 10 nitrogen and oxygen atoms in total. The Bertz CT molecular complexity index is 1490. The molecule has 4 heterocycles. The lowest BCUT2D eigenvalue weighted by atomic mass is 9.86. The molecule has 0 bridgehead atoms. The Morgan fingerprint density at radius 1 is 1.22 bits per heavy atom. The monoisotopic (exact) mass is 571 g/mol. The quantitative estimate of drug-likeness (QED) is 0.449. The van der Waals surface area contributed by atoms with E-state index < -0.39 is 23.6 Å². The maximum Gasteiger partial charge on any atom is 0.261 e. The molecule has 0 spiro atoms. The minimum atomic E-state index is -2.59. The van der Waals surface area contributed by atoms with Gasteiger partial charge in [-0.15, -0.1) is 0 Å². The SMILES string of the molecule is CC(C)(O)C(F)CN1Cc2cc(NC(=O)c3cnn4cccnc34)c(N3CCN(C4CC(F)(F)C4)CC3)cc2C1=O. The highest BCUT2D eigenvalue weighted by atomic mass is 19.3. The standard InChI is InChI=1S/C28H32F3N7O3/c1-27(2,41)23(29)16-37-15-17-10-21(34-25(39)20-14-33-38-5-3-4-32-24(20)38)22(11-19(17)26(37)40)36-8-6-35(7-9-36)18-12-28(30,31)13-18/h3-5,10-11,14,18,23,41H,6-9,12-13,15-16H2,1-2H3,(H,34,39). The first-order valence-electron chi connectivity index (χ1n) is 13.7.